The Hall–Kier alpha value is -2.83. The van der Waals surface area contributed by atoms with E-state index >= 15 is 0 Å². The van der Waals surface area contributed by atoms with E-state index in [-0.39, 0.29) is 17.2 Å². The topological polar surface area (TPSA) is 69.6 Å². The van der Waals surface area contributed by atoms with E-state index in [1.807, 2.05) is 0 Å². The molecule has 3 aromatic rings. The molecule has 0 radical (unpaired) electrons. The number of nitrogens with two attached hydrogens (primary N) is 1. The molecular weight excluding hydrogens is 276 g/mol. The van der Waals surface area contributed by atoms with Crippen molar-refractivity contribution in [2.75, 3.05) is 5.73 Å². The number of hydrogen-bond acceptors (Lipinski definition) is 4. The molecule has 0 saturated carbocycles. The van der Waals surface area contributed by atoms with E-state index in [0.717, 1.165) is 5.56 Å². The second kappa shape index (κ2) is 4.93. The quantitative estimate of drug-likeness (QED) is 0.735. The van der Waals surface area contributed by atoms with Gasteiger partial charge >= 0.3 is 0 Å². The van der Waals surface area contributed by atoms with Crippen LogP contribution < -0.4 is 5.73 Å². The molecule has 5 nitrogen and oxygen atoms in total. The summed E-state index contributed by atoms with van der Waals surface area (Å²) in [5.74, 6) is -0.763. The van der Waals surface area contributed by atoms with Crippen LogP contribution in [0.1, 0.15) is 5.56 Å². The van der Waals surface area contributed by atoms with Gasteiger partial charge in [-0.1, -0.05) is 6.07 Å². The number of halogens is 2. The van der Waals surface area contributed by atoms with Gasteiger partial charge in [-0.2, -0.15) is 4.68 Å². The standard InChI is InChI=1S/C14H11F2N5/c1-8-2-3-13(12(16)4-8)21-14(18-19-20-21)9-5-10(15)7-11(17)6-9/h2-7H,17H2,1H3. The highest BCUT2D eigenvalue weighted by molar-refractivity contribution is 5.62. The first-order chi connectivity index (χ1) is 10.0. The van der Waals surface area contributed by atoms with E-state index in [1.54, 1.807) is 19.1 Å². The number of hydrogen-bond donors (Lipinski definition) is 1. The number of anilines is 1. The first-order valence-electron chi connectivity index (χ1n) is 6.16. The average molecular weight is 287 g/mol. The van der Waals surface area contributed by atoms with Crippen LogP contribution in [-0.4, -0.2) is 20.2 Å². The van der Waals surface area contributed by atoms with Crippen molar-refractivity contribution in [3.63, 3.8) is 0 Å². The molecular formula is C14H11F2N5. The average Bonchev–Trinajstić information content (AvgIpc) is 2.86. The monoisotopic (exact) mass is 287 g/mol. The Balaban J connectivity index is 2.17. The van der Waals surface area contributed by atoms with Crippen LogP contribution in [0.5, 0.6) is 0 Å². The molecule has 0 aliphatic rings. The minimum atomic E-state index is -0.510. The van der Waals surface area contributed by atoms with Gasteiger partial charge in [0.25, 0.3) is 0 Å². The van der Waals surface area contributed by atoms with Gasteiger partial charge < -0.3 is 5.73 Å². The van der Waals surface area contributed by atoms with Crippen LogP contribution in [0, 0.1) is 18.6 Å². The third kappa shape index (κ3) is 2.45. The zero-order chi connectivity index (χ0) is 15.0. The molecule has 1 aromatic heterocycles. The Kier molecular flexibility index (Phi) is 3.09. The number of tetrazole rings is 1. The molecule has 21 heavy (non-hydrogen) atoms. The molecule has 106 valence electrons. The molecule has 0 atom stereocenters. The second-order valence-corrected chi connectivity index (χ2v) is 4.64. The molecule has 2 aromatic carbocycles. The van der Waals surface area contributed by atoms with Crippen LogP contribution in [0.25, 0.3) is 17.1 Å². The Bertz CT molecular complexity index is 793. The number of nitrogen functional groups attached to an aromatic ring is 1. The minimum Gasteiger partial charge on any atom is -0.399 e. The Morgan fingerprint density at radius 2 is 1.90 bits per heavy atom. The van der Waals surface area contributed by atoms with Crippen molar-refractivity contribution in [2.24, 2.45) is 0 Å². The van der Waals surface area contributed by atoms with Crippen molar-refractivity contribution in [3.8, 4) is 17.1 Å². The summed E-state index contributed by atoms with van der Waals surface area (Å²) < 4.78 is 28.7. The fraction of sp³-hybridized carbons (Fsp3) is 0.0714. The van der Waals surface area contributed by atoms with Gasteiger partial charge in [0.05, 0.1) is 0 Å². The highest BCUT2D eigenvalue weighted by Crippen LogP contribution is 2.24. The lowest BCUT2D eigenvalue weighted by atomic mass is 10.1. The van der Waals surface area contributed by atoms with Gasteiger partial charge in [0, 0.05) is 11.3 Å². The van der Waals surface area contributed by atoms with Crippen LogP contribution in [0.2, 0.25) is 0 Å². The Labute approximate surface area is 119 Å². The SMILES string of the molecule is Cc1ccc(-n2nnnc2-c2cc(N)cc(F)c2)c(F)c1. The normalized spacial score (nSPS) is 10.8. The van der Waals surface area contributed by atoms with Crippen LogP contribution in [0.3, 0.4) is 0 Å². The maximum absolute atomic E-state index is 14.1. The van der Waals surface area contributed by atoms with E-state index in [2.05, 4.69) is 15.5 Å². The molecule has 0 saturated heterocycles. The first-order valence-corrected chi connectivity index (χ1v) is 6.16. The molecule has 1 heterocycles. The van der Waals surface area contributed by atoms with Crippen molar-refractivity contribution >= 4 is 5.69 Å². The molecule has 3 rings (SSSR count). The van der Waals surface area contributed by atoms with E-state index < -0.39 is 11.6 Å². The number of aromatic nitrogens is 4. The number of benzene rings is 2. The van der Waals surface area contributed by atoms with Gasteiger partial charge in [0.2, 0.25) is 0 Å². The van der Waals surface area contributed by atoms with Crippen molar-refractivity contribution in [3.05, 3.63) is 53.6 Å². The molecule has 2 N–H and O–H groups in total. The summed E-state index contributed by atoms with van der Waals surface area (Å²) in [6.07, 6.45) is 0. The minimum absolute atomic E-state index is 0.184. The van der Waals surface area contributed by atoms with Gasteiger partial charge in [-0.3, -0.25) is 0 Å². The summed E-state index contributed by atoms with van der Waals surface area (Å²) in [6, 6.07) is 8.63. The van der Waals surface area contributed by atoms with Crippen LogP contribution in [0.4, 0.5) is 14.5 Å². The molecule has 0 fully saturated rings. The van der Waals surface area contributed by atoms with E-state index in [0.29, 0.717) is 5.56 Å². The number of aryl methyl sites for hydroxylation is 1. The van der Waals surface area contributed by atoms with E-state index in [9.17, 15) is 8.78 Å². The Morgan fingerprint density at radius 3 is 2.62 bits per heavy atom. The Morgan fingerprint density at radius 1 is 1.10 bits per heavy atom. The fourth-order valence-electron chi connectivity index (χ4n) is 2.05. The van der Waals surface area contributed by atoms with E-state index in [4.69, 9.17) is 5.73 Å². The van der Waals surface area contributed by atoms with Crippen molar-refractivity contribution < 1.29 is 8.78 Å². The van der Waals surface area contributed by atoms with Gasteiger partial charge in [-0.05, 0) is 53.2 Å². The summed E-state index contributed by atoms with van der Waals surface area (Å²) in [5, 5.41) is 11.1. The molecule has 0 unspecified atom stereocenters. The third-order valence-corrected chi connectivity index (χ3v) is 2.98. The predicted octanol–water partition coefficient (Wildman–Crippen LogP) is 2.50. The molecule has 0 bridgehead atoms. The van der Waals surface area contributed by atoms with Crippen molar-refractivity contribution in [2.45, 2.75) is 6.92 Å². The van der Waals surface area contributed by atoms with Gasteiger partial charge in [0.15, 0.2) is 5.82 Å². The van der Waals surface area contributed by atoms with E-state index in [1.165, 1.54) is 28.9 Å². The van der Waals surface area contributed by atoms with Crippen molar-refractivity contribution in [1.29, 1.82) is 0 Å². The first kappa shape index (κ1) is 13.2. The summed E-state index contributed by atoms with van der Waals surface area (Å²) in [7, 11) is 0. The zero-order valence-electron chi connectivity index (χ0n) is 11.1. The fourth-order valence-corrected chi connectivity index (χ4v) is 2.05. The maximum atomic E-state index is 14.1. The zero-order valence-corrected chi connectivity index (χ0v) is 11.1. The molecule has 7 heteroatoms. The summed E-state index contributed by atoms with van der Waals surface area (Å²) in [6.45, 7) is 1.78. The summed E-state index contributed by atoms with van der Waals surface area (Å²) >= 11 is 0. The summed E-state index contributed by atoms with van der Waals surface area (Å²) in [4.78, 5) is 0. The van der Waals surface area contributed by atoms with Crippen molar-refractivity contribution in [1.82, 2.24) is 20.2 Å². The maximum Gasteiger partial charge on any atom is 0.187 e. The summed E-state index contributed by atoms with van der Waals surface area (Å²) in [5.41, 5.74) is 7.19. The van der Waals surface area contributed by atoms with Crippen LogP contribution in [0.15, 0.2) is 36.4 Å². The smallest absolute Gasteiger partial charge is 0.187 e. The van der Waals surface area contributed by atoms with Crippen LogP contribution in [-0.2, 0) is 0 Å². The number of rotatable bonds is 2. The molecule has 0 aliphatic carbocycles. The molecule has 0 amide bonds. The largest absolute Gasteiger partial charge is 0.399 e. The molecule has 0 spiro atoms. The second-order valence-electron chi connectivity index (χ2n) is 4.64. The molecule has 0 aliphatic heterocycles. The number of nitrogens with zero attached hydrogens (tertiary/aromatic N) is 4. The highest BCUT2D eigenvalue weighted by Gasteiger charge is 2.15. The van der Waals surface area contributed by atoms with Gasteiger partial charge in [0.1, 0.15) is 17.3 Å². The highest BCUT2D eigenvalue weighted by atomic mass is 19.1. The third-order valence-electron chi connectivity index (χ3n) is 2.98. The predicted molar refractivity (Wildman–Crippen MR) is 73.7 cm³/mol. The van der Waals surface area contributed by atoms with Gasteiger partial charge in [-0.25, -0.2) is 8.78 Å². The van der Waals surface area contributed by atoms with Crippen LogP contribution >= 0.6 is 0 Å². The lowest BCUT2D eigenvalue weighted by Crippen LogP contribution is -2.03. The lowest BCUT2D eigenvalue weighted by molar-refractivity contribution is 0.606. The lowest BCUT2D eigenvalue weighted by Gasteiger charge is -2.07. The van der Waals surface area contributed by atoms with Gasteiger partial charge in [-0.15, -0.1) is 5.10 Å².